The molecule has 82 heavy (non-hydrogen) atoms. The summed E-state index contributed by atoms with van der Waals surface area (Å²) in [5.74, 6) is -1.73. The predicted molar refractivity (Wildman–Crippen MR) is 317 cm³/mol. The second-order valence-electron chi connectivity index (χ2n) is 21.8. The highest BCUT2D eigenvalue weighted by molar-refractivity contribution is 7.94. The van der Waals surface area contributed by atoms with Crippen LogP contribution in [0.3, 0.4) is 0 Å². The van der Waals surface area contributed by atoms with Crippen LogP contribution in [0.1, 0.15) is 150 Å². The van der Waals surface area contributed by atoms with Crippen molar-refractivity contribution in [3.8, 4) is 11.2 Å². The van der Waals surface area contributed by atoms with Gasteiger partial charge in [-0.15, -0.1) is 14.6 Å². The summed E-state index contributed by atoms with van der Waals surface area (Å²) in [7, 11) is -14.5. The molecular weight excluding hydrogens is 1170 g/mol. The van der Waals surface area contributed by atoms with Crippen LogP contribution in [0, 0.1) is 32.1 Å². The van der Waals surface area contributed by atoms with Crippen LogP contribution in [0.4, 0.5) is 39.6 Å². The Bertz CT molecular complexity index is 4290. The number of azo groups is 1. The number of anilines is 5. The van der Waals surface area contributed by atoms with Gasteiger partial charge in [0.1, 0.15) is 32.9 Å². The largest absolute Gasteiger partial charge is 0.338 e. The maximum Gasteiger partial charge on any atom is 0.295 e. The highest BCUT2D eigenvalue weighted by Crippen LogP contribution is 2.51. The number of benzene rings is 4. The lowest BCUT2D eigenvalue weighted by Crippen LogP contribution is -2.20. The maximum absolute atomic E-state index is 13.6. The Kier molecular flexibility index (Phi) is 17.3. The third-order valence-electron chi connectivity index (χ3n) is 13.3. The average molecular weight is 1230 g/mol. The number of aromatic nitrogens is 5. The summed E-state index contributed by atoms with van der Waals surface area (Å²) >= 11 is 2.99. The number of fused-ring (bicyclic) bond motifs is 2. The molecular formula is C54H60N10O12S6. The second-order valence-corrected chi connectivity index (χ2v) is 28.7. The van der Waals surface area contributed by atoms with Gasteiger partial charge >= 0.3 is 0 Å². The minimum atomic E-state index is -4.93. The van der Waals surface area contributed by atoms with Gasteiger partial charge in [-0.3, -0.25) is 18.6 Å². The molecule has 0 unspecified atom stereocenters. The molecule has 8 rings (SSSR count). The molecule has 0 saturated heterocycles. The van der Waals surface area contributed by atoms with E-state index in [9.17, 15) is 44.2 Å². The molecule has 0 aliphatic rings. The predicted octanol–water partition coefficient (Wildman–Crippen LogP) is 14.9. The maximum atomic E-state index is 13.6. The molecule has 8 aromatic rings. The van der Waals surface area contributed by atoms with Crippen molar-refractivity contribution in [3.05, 3.63) is 105 Å². The number of aryl methyl sites for hydroxylation is 3. The quantitative estimate of drug-likeness (QED) is 0.0175. The van der Waals surface area contributed by atoms with E-state index in [0.29, 0.717) is 52.8 Å². The Balaban J connectivity index is 1.51. The lowest BCUT2D eigenvalue weighted by molar-refractivity contribution is -0.432. The molecule has 0 spiro atoms. The van der Waals surface area contributed by atoms with Crippen molar-refractivity contribution >= 4 is 125 Å². The number of pyridine rings is 1. The van der Waals surface area contributed by atoms with Gasteiger partial charge in [0.15, 0.2) is 16.8 Å². The zero-order chi connectivity index (χ0) is 60.5. The van der Waals surface area contributed by atoms with Gasteiger partial charge in [0.05, 0.1) is 48.8 Å². The van der Waals surface area contributed by atoms with Crippen molar-refractivity contribution < 1.29 is 53.5 Å². The number of nitrogens with one attached hydrogen (secondary N) is 1. The smallest absolute Gasteiger partial charge is 0.295 e. The van der Waals surface area contributed by atoms with Gasteiger partial charge in [-0.05, 0) is 120 Å². The molecule has 4 aromatic carbocycles. The first-order chi connectivity index (χ1) is 38.2. The van der Waals surface area contributed by atoms with E-state index in [1.165, 1.54) is 34.2 Å². The fourth-order valence-corrected chi connectivity index (χ4v) is 14.9. The zero-order valence-corrected chi connectivity index (χ0v) is 51.9. The van der Waals surface area contributed by atoms with E-state index in [0.717, 1.165) is 23.4 Å². The van der Waals surface area contributed by atoms with Gasteiger partial charge in [-0.25, -0.2) is 20.2 Å². The van der Waals surface area contributed by atoms with Crippen molar-refractivity contribution in [2.75, 3.05) is 10.2 Å². The van der Waals surface area contributed by atoms with E-state index < -0.39 is 52.5 Å². The molecule has 0 atom stereocenters. The molecule has 22 nitrogen and oxygen atoms in total. The summed E-state index contributed by atoms with van der Waals surface area (Å²) in [6.45, 7) is 25.3. The molecule has 4 heterocycles. The molecule has 0 radical (unpaired) electrons. The van der Waals surface area contributed by atoms with Crippen molar-refractivity contribution in [2.24, 2.45) is 10.2 Å². The Hall–Kier alpha value is -6.33. The second kappa shape index (κ2) is 23.0. The van der Waals surface area contributed by atoms with E-state index in [2.05, 4.69) is 20.8 Å². The van der Waals surface area contributed by atoms with Crippen molar-refractivity contribution in [2.45, 2.75) is 146 Å². The third-order valence-corrected chi connectivity index (χ3v) is 18.8. The SMILES string of the molecule is Cc1cc(N(c2nc3ccc(S(=O)(=O)O)cc3s2)c2c(C(C)C)cc(C)c(S(=O)(=O)O)c2C(C)C)nc(Nc2c(C(C)C)cc(C)c(S(=O)(=O)O)c2C(C)C)c1/N=N/c1c(C#N)c(C(C)(C)C)nn1-c1nc2ccc(SOOO)cc2s1. The van der Waals surface area contributed by atoms with Crippen molar-refractivity contribution in [1.29, 1.82) is 5.26 Å². The highest BCUT2D eigenvalue weighted by Gasteiger charge is 2.35. The number of nitrogens with zero attached hydrogens (tertiary/aromatic N) is 9. The Morgan fingerprint density at radius 1 is 0.720 bits per heavy atom. The standard InChI is InChI=1S/C54H60N10O12S6/c1-25(2)34-19-30(10)47(81(69,70)71)42(27(5)6)45(34)59-50-44(60-61-51-36(24-55)49(54(12,13)14)62-64(51)53-57-37-17-15-32(79-76-75-65)22-39(37)78-53)29(9)21-41(58-50)63(52-56-38-18-16-33(80(66,67)68)23-40(38)77-52)46-35(26(3)4)20-31(11)48(82(72,73)74)43(46)28(7)8/h15-23,25-28,65H,1-14H3,(H,58,59)(H,66,67,68)(H,69,70,71)(H,72,73,74)/b61-60+. The van der Waals surface area contributed by atoms with E-state index in [-0.39, 0.29) is 89.1 Å². The number of nitriles is 1. The number of rotatable bonds is 18. The van der Waals surface area contributed by atoms with Gasteiger partial charge in [-0.1, -0.05) is 116 Å². The van der Waals surface area contributed by atoms with Crippen LogP contribution in [-0.2, 0) is 45.1 Å². The topological polar surface area (TPSA) is 322 Å². The van der Waals surface area contributed by atoms with Crippen molar-refractivity contribution in [3.63, 3.8) is 0 Å². The monoisotopic (exact) mass is 1230 g/mol. The number of hydrogen-bond donors (Lipinski definition) is 5. The Morgan fingerprint density at radius 2 is 1.30 bits per heavy atom. The van der Waals surface area contributed by atoms with Gasteiger partial charge in [0.25, 0.3) is 30.4 Å². The fraction of sp³-hybridized carbons (Fsp3) is 0.352. The highest BCUT2D eigenvalue weighted by atomic mass is 32.2. The number of hydrogen-bond acceptors (Lipinski definition) is 21. The fourth-order valence-electron chi connectivity index (χ4n) is 9.75. The molecule has 0 amide bonds. The third kappa shape index (κ3) is 12.2. The number of thiazole rings is 2. The van der Waals surface area contributed by atoms with Crippen LogP contribution >= 0.6 is 34.7 Å². The van der Waals surface area contributed by atoms with Crippen LogP contribution in [-0.4, -0.2) is 68.9 Å². The lowest BCUT2D eigenvalue weighted by Gasteiger charge is -2.32. The summed E-state index contributed by atoms with van der Waals surface area (Å²) in [5.41, 5.74) is 3.77. The lowest BCUT2D eigenvalue weighted by atomic mass is 9.89. The van der Waals surface area contributed by atoms with E-state index in [1.807, 2.05) is 48.5 Å². The first kappa shape index (κ1) is 61.7. The minimum Gasteiger partial charge on any atom is -0.338 e. The van der Waals surface area contributed by atoms with E-state index >= 15 is 0 Å². The molecule has 0 aliphatic heterocycles. The molecule has 4 aromatic heterocycles. The van der Waals surface area contributed by atoms with Crippen molar-refractivity contribution in [1.82, 2.24) is 24.7 Å². The Morgan fingerprint density at radius 3 is 1.87 bits per heavy atom. The molecule has 0 saturated carbocycles. The first-order valence-corrected chi connectivity index (χ1v) is 32.1. The summed E-state index contributed by atoms with van der Waals surface area (Å²) < 4.78 is 118. The van der Waals surface area contributed by atoms with Crippen LogP contribution in [0.5, 0.6) is 0 Å². The molecule has 5 N–H and O–H groups in total. The molecule has 28 heteroatoms. The summed E-state index contributed by atoms with van der Waals surface area (Å²) in [5, 5.41) is 42.0. The van der Waals surface area contributed by atoms with Gasteiger partial charge in [0.2, 0.25) is 5.13 Å². The van der Waals surface area contributed by atoms with Gasteiger partial charge < -0.3 is 5.32 Å². The summed E-state index contributed by atoms with van der Waals surface area (Å²) in [6, 6.07) is 16.3. The average Bonchev–Trinajstić information content (AvgIpc) is 3.63. The van der Waals surface area contributed by atoms with E-state index in [1.54, 1.807) is 89.8 Å². The summed E-state index contributed by atoms with van der Waals surface area (Å²) in [6.07, 6.45) is 0. The molecule has 0 aliphatic carbocycles. The zero-order valence-electron chi connectivity index (χ0n) is 47.0. The molecule has 0 bridgehead atoms. The molecule has 0 fully saturated rings. The minimum absolute atomic E-state index is 0.0110. The Labute approximate surface area is 487 Å². The van der Waals surface area contributed by atoms with Crippen LogP contribution < -0.4 is 10.2 Å². The van der Waals surface area contributed by atoms with E-state index in [4.69, 9.17) is 35.5 Å². The first-order valence-electron chi connectivity index (χ1n) is 25.4. The summed E-state index contributed by atoms with van der Waals surface area (Å²) in [4.78, 5) is 16.2. The van der Waals surface area contributed by atoms with Gasteiger partial charge in [-0.2, -0.15) is 40.3 Å². The van der Waals surface area contributed by atoms with Crippen LogP contribution in [0.15, 0.2) is 84.4 Å². The molecule has 434 valence electrons. The van der Waals surface area contributed by atoms with Crippen LogP contribution in [0.2, 0.25) is 0 Å². The normalized spacial score (nSPS) is 12.8. The van der Waals surface area contributed by atoms with Crippen LogP contribution in [0.25, 0.3) is 25.6 Å². The van der Waals surface area contributed by atoms with Gasteiger partial charge in [0, 0.05) is 21.6 Å².